The Hall–Kier alpha value is -1.69. The van der Waals surface area contributed by atoms with Crippen molar-refractivity contribution in [2.45, 2.75) is 20.8 Å². The zero-order chi connectivity index (χ0) is 14.2. The number of hydrogen-bond donors (Lipinski definition) is 1. The van der Waals surface area contributed by atoms with Crippen LogP contribution in [0.5, 0.6) is 0 Å². The van der Waals surface area contributed by atoms with Crippen LogP contribution in [0.4, 0.5) is 5.82 Å². The first-order chi connectivity index (χ1) is 8.90. The first-order valence-corrected chi connectivity index (χ1v) is 6.63. The second-order valence-corrected chi connectivity index (χ2v) is 5.30. The smallest absolute Gasteiger partial charge is 0.260 e. The van der Waals surface area contributed by atoms with Crippen molar-refractivity contribution in [3.8, 4) is 0 Å². The summed E-state index contributed by atoms with van der Waals surface area (Å²) < 4.78 is 2.61. The molecule has 0 saturated carbocycles. The van der Waals surface area contributed by atoms with Gasteiger partial charge < -0.3 is 5.32 Å². The van der Waals surface area contributed by atoms with Crippen molar-refractivity contribution in [2.75, 3.05) is 5.32 Å². The van der Waals surface area contributed by atoms with Crippen LogP contribution in [0.2, 0.25) is 0 Å². The van der Waals surface area contributed by atoms with Crippen LogP contribution >= 0.6 is 15.9 Å². The van der Waals surface area contributed by atoms with Crippen LogP contribution in [0.1, 0.15) is 27.3 Å². The third-order valence-corrected chi connectivity index (χ3v) is 3.85. The van der Waals surface area contributed by atoms with Gasteiger partial charge in [-0.15, -0.1) is 0 Å². The van der Waals surface area contributed by atoms with Crippen LogP contribution in [-0.4, -0.2) is 20.7 Å². The van der Waals surface area contributed by atoms with E-state index in [0.29, 0.717) is 17.1 Å². The molecule has 0 aliphatic carbocycles. The van der Waals surface area contributed by atoms with Crippen molar-refractivity contribution in [1.82, 2.24) is 14.8 Å². The summed E-state index contributed by atoms with van der Waals surface area (Å²) in [5.41, 5.74) is 3.17. The van der Waals surface area contributed by atoms with Crippen molar-refractivity contribution in [2.24, 2.45) is 7.05 Å². The van der Waals surface area contributed by atoms with Gasteiger partial charge in [0.05, 0.1) is 11.3 Å². The van der Waals surface area contributed by atoms with Crippen LogP contribution in [-0.2, 0) is 7.05 Å². The summed E-state index contributed by atoms with van der Waals surface area (Å²) in [6.07, 6.45) is 1.67. The largest absolute Gasteiger partial charge is 0.306 e. The third-order valence-electron chi connectivity index (χ3n) is 3.02. The quantitative estimate of drug-likeness (QED) is 0.924. The minimum Gasteiger partial charge on any atom is -0.306 e. The van der Waals surface area contributed by atoms with Gasteiger partial charge in [0.15, 0.2) is 0 Å². The number of hydrogen-bond acceptors (Lipinski definition) is 3. The van der Waals surface area contributed by atoms with Crippen molar-refractivity contribution < 1.29 is 4.79 Å². The van der Waals surface area contributed by atoms with E-state index < -0.39 is 0 Å². The molecule has 0 spiro atoms. The number of nitrogens with zero attached hydrogens (tertiary/aromatic N) is 3. The Labute approximate surface area is 120 Å². The Morgan fingerprint density at radius 3 is 2.58 bits per heavy atom. The zero-order valence-corrected chi connectivity index (χ0v) is 12.9. The topological polar surface area (TPSA) is 59.8 Å². The van der Waals surface area contributed by atoms with Crippen LogP contribution in [0.3, 0.4) is 0 Å². The molecule has 2 aromatic rings. The molecule has 0 fully saturated rings. The van der Waals surface area contributed by atoms with Crippen LogP contribution in [0.15, 0.2) is 16.7 Å². The lowest BCUT2D eigenvalue weighted by Gasteiger charge is -2.06. The Kier molecular flexibility index (Phi) is 3.71. The van der Waals surface area contributed by atoms with Crippen molar-refractivity contribution in [3.63, 3.8) is 0 Å². The van der Waals surface area contributed by atoms with Gasteiger partial charge in [0.2, 0.25) is 0 Å². The lowest BCUT2D eigenvalue weighted by Crippen LogP contribution is -2.15. The number of carbonyl (C=O) groups excluding carboxylic acids is 1. The first kappa shape index (κ1) is 13.7. The van der Waals surface area contributed by atoms with Gasteiger partial charge in [0, 0.05) is 23.4 Å². The molecule has 19 heavy (non-hydrogen) atoms. The molecular weight excluding hydrogens is 308 g/mol. The molecule has 5 nitrogen and oxygen atoms in total. The summed E-state index contributed by atoms with van der Waals surface area (Å²) >= 11 is 3.38. The van der Waals surface area contributed by atoms with Gasteiger partial charge in [0.1, 0.15) is 5.82 Å². The molecule has 0 bridgehead atoms. The Balaban J connectivity index is 2.28. The SMILES string of the molecule is Cc1cc(NC(=O)c2c(C)nn(C)c2C)ncc1Br. The lowest BCUT2D eigenvalue weighted by molar-refractivity contribution is 0.102. The zero-order valence-electron chi connectivity index (χ0n) is 11.3. The molecule has 2 aromatic heterocycles. The average molecular weight is 323 g/mol. The standard InChI is InChI=1S/C13H15BrN4O/c1-7-5-11(15-6-10(7)14)16-13(19)12-8(2)17-18(4)9(12)3/h5-6H,1-4H3,(H,15,16,19). The van der Waals surface area contributed by atoms with Gasteiger partial charge in [0.25, 0.3) is 5.91 Å². The molecular formula is C13H15BrN4O. The molecule has 2 rings (SSSR count). The molecule has 0 atom stereocenters. The maximum atomic E-state index is 12.2. The van der Waals surface area contributed by atoms with Gasteiger partial charge in [-0.1, -0.05) is 0 Å². The Morgan fingerprint density at radius 1 is 1.37 bits per heavy atom. The molecule has 0 saturated heterocycles. The van der Waals surface area contributed by atoms with E-state index in [2.05, 4.69) is 31.3 Å². The van der Waals surface area contributed by atoms with E-state index in [1.807, 2.05) is 33.9 Å². The third kappa shape index (κ3) is 2.68. The number of carbonyl (C=O) groups is 1. The Bertz CT molecular complexity index is 648. The van der Waals surface area contributed by atoms with Crippen LogP contribution in [0.25, 0.3) is 0 Å². The predicted molar refractivity (Wildman–Crippen MR) is 77.3 cm³/mol. The number of anilines is 1. The predicted octanol–water partition coefficient (Wildman–Crippen LogP) is 2.76. The fraction of sp³-hybridized carbons (Fsp3) is 0.308. The fourth-order valence-electron chi connectivity index (χ4n) is 1.89. The van der Waals surface area contributed by atoms with Crippen molar-refractivity contribution in [1.29, 1.82) is 0 Å². The van der Waals surface area contributed by atoms with Crippen molar-refractivity contribution in [3.05, 3.63) is 39.3 Å². The molecule has 1 N–H and O–H groups in total. The van der Waals surface area contributed by atoms with Crippen LogP contribution < -0.4 is 5.32 Å². The average Bonchev–Trinajstić information content (AvgIpc) is 2.58. The maximum absolute atomic E-state index is 12.2. The van der Waals surface area contributed by atoms with Gasteiger partial charge >= 0.3 is 0 Å². The van der Waals surface area contributed by atoms with Gasteiger partial charge in [-0.25, -0.2) is 4.98 Å². The van der Waals surface area contributed by atoms with Crippen LogP contribution in [0, 0.1) is 20.8 Å². The normalized spacial score (nSPS) is 10.6. The van der Waals surface area contributed by atoms with E-state index in [4.69, 9.17) is 0 Å². The molecule has 100 valence electrons. The lowest BCUT2D eigenvalue weighted by atomic mass is 10.2. The Morgan fingerprint density at radius 2 is 2.05 bits per heavy atom. The van der Waals surface area contributed by atoms with Gasteiger partial charge in [-0.05, 0) is 48.3 Å². The number of amides is 1. The summed E-state index contributed by atoms with van der Waals surface area (Å²) in [6, 6.07) is 1.82. The fourth-order valence-corrected chi connectivity index (χ4v) is 2.11. The molecule has 0 aliphatic heterocycles. The number of halogens is 1. The highest BCUT2D eigenvalue weighted by molar-refractivity contribution is 9.10. The van der Waals surface area contributed by atoms with E-state index in [9.17, 15) is 4.79 Å². The molecule has 2 heterocycles. The van der Waals surface area contributed by atoms with Crippen molar-refractivity contribution >= 4 is 27.7 Å². The number of rotatable bonds is 2. The summed E-state index contributed by atoms with van der Waals surface area (Å²) in [7, 11) is 1.82. The molecule has 6 heteroatoms. The van der Waals surface area contributed by atoms with Gasteiger partial charge in [-0.3, -0.25) is 9.48 Å². The summed E-state index contributed by atoms with van der Waals surface area (Å²) in [5, 5.41) is 7.03. The number of aryl methyl sites for hydroxylation is 3. The highest BCUT2D eigenvalue weighted by atomic mass is 79.9. The number of aromatic nitrogens is 3. The monoisotopic (exact) mass is 322 g/mol. The number of pyridine rings is 1. The minimum absolute atomic E-state index is 0.183. The maximum Gasteiger partial charge on any atom is 0.260 e. The van der Waals surface area contributed by atoms with E-state index in [1.165, 1.54) is 0 Å². The number of nitrogens with one attached hydrogen (secondary N) is 1. The molecule has 0 aromatic carbocycles. The summed E-state index contributed by atoms with van der Waals surface area (Å²) in [6.45, 7) is 5.64. The van der Waals surface area contributed by atoms with E-state index >= 15 is 0 Å². The summed E-state index contributed by atoms with van der Waals surface area (Å²) in [5.74, 6) is 0.352. The molecule has 0 aliphatic rings. The first-order valence-electron chi connectivity index (χ1n) is 5.84. The minimum atomic E-state index is -0.183. The molecule has 0 unspecified atom stereocenters. The second kappa shape index (κ2) is 5.13. The van der Waals surface area contributed by atoms with Gasteiger partial charge in [-0.2, -0.15) is 5.10 Å². The molecule has 1 amide bonds. The highest BCUT2D eigenvalue weighted by Gasteiger charge is 2.17. The highest BCUT2D eigenvalue weighted by Crippen LogP contribution is 2.19. The summed E-state index contributed by atoms with van der Waals surface area (Å²) in [4.78, 5) is 16.4. The van der Waals surface area contributed by atoms with E-state index in [1.54, 1.807) is 10.9 Å². The van der Waals surface area contributed by atoms with E-state index in [0.717, 1.165) is 15.7 Å². The second-order valence-electron chi connectivity index (χ2n) is 4.44. The van der Waals surface area contributed by atoms with E-state index in [-0.39, 0.29) is 5.91 Å². The molecule has 0 radical (unpaired) electrons.